The molecule has 0 heterocycles. The molecule has 2 rings (SSSR count). The largest absolute Gasteiger partial charge is 0.459 e. The Kier molecular flexibility index (Phi) is 8.90. The van der Waals surface area contributed by atoms with Crippen LogP contribution in [0.25, 0.3) is 0 Å². The van der Waals surface area contributed by atoms with E-state index in [1.54, 1.807) is 12.1 Å². The number of anilines is 1. The Hall–Kier alpha value is -2.56. The van der Waals surface area contributed by atoms with Gasteiger partial charge < -0.3 is 9.57 Å². The molecular formula is C18H23NO4. The lowest BCUT2D eigenvalue weighted by Gasteiger charge is -2.20. The third-order valence-electron chi connectivity index (χ3n) is 3.21. The molecule has 1 aromatic rings. The van der Waals surface area contributed by atoms with Gasteiger partial charge in [0.25, 0.3) is 0 Å². The number of benzene rings is 1. The van der Waals surface area contributed by atoms with Crippen LogP contribution in [0.15, 0.2) is 55.6 Å². The molecule has 0 unspecified atom stereocenters. The minimum Gasteiger partial charge on any atom is -0.459 e. The first-order valence-corrected chi connectivity index (χ1v) is 7.63. The van der Waals surface area contributed by atoms with Crippen molar-refractivity contribution < 1.29 is 19.2 Å². The van der Waals surface area contributed by atoms with Crippen molar-refractivity contribution >= 4 is 17.6 Å². The van der Waals surface area contributed by atoms with Crippen molar-refractivity contribution in [3.8, 4) is 0 Å². The SMILES string of the molecule is C=CC(=O)OC1CCCCC1.C=CC(=O)ONc1ccccc1. The van der Waals surface area contributed by atoms with Gasteiger partial charge in [-0.3, -0.25) is 0 Å². The average molecular weight is 317 g/mol. The maximum Gasteiger partial charge on any atom is 0.355 e. The monoisotopic (exact) mass is 317 g/mol. The lowest BCUT2D eigenvalue weighted by Crippen LogP contribution is -2.19. The van der Waals surface area contributed by atoms with Gasteiger partial charge in [0.15, 0.2) is 0 Å². The average Bonchev–Trinajstić information content (AvgIpc) is 2.62. The van der Waals surface area contributed by atoms with Crippen LogP contribution < -0.4 is 5.48 Å². The Morgan fingerprint density at radius 2 is 1.61 bits per heavy atom. The molecule has 0 amide bonds. The fourth-order valence-electron chi connectivity index (χ4n) is 2.05. The van der Waals surface area contributed by atoms with Crippen LogP contribution in [0.1, 0.15) is 32.1 Å². The molecule has 1 aliphatic rings. The van der Waals surface area contributed by atoms with E-state index in [-0.39, 0.29) is 12.1 Å². The second-order valence-corrected chi connectivity index (χ2v) is 4.99. The van der Waals surface area contributed by atoms with Crippen LogP contribution in [0.3, 0.4) is 0 Å². The zero-order chi connectivity index (χ0) is 16.9. The van der Waals surface area contributed by atoms with Gasteiger partial charge in [-0.05, 0) is 37.8 Å². The molecule has 0 bridgehead atoms. The van der Waals surface area contributed by atoms with Crippen molar-refractivity contribution in [1.29, 1.82) is 0 Å². The number of hydrogen-bond donors (Lipinski definition) is 1. The highest BCUT2D eigenvalue weighted by Gasteiger charge is 2.15. The summed E-state index contributed by atoms with van der Waals surface area (Å²) in [6, 6.07) is 9.13. The Balaban J connectivity index is 0.000000231. The van der Waals surface area contributed by atoms with Crippen LogP contribution in [0.5, 0.6) is 0 Å². The topological polar surface area (TPSA) is 64.6 Å². The molecule has 0 aliphatic heterocycles. The highest BCUT2D eigenvalue weighted by molar-refractivity contribution is 5.82. The summed E-state index contributed by atoms with van der Waals surface area (Å²) in [4.78, 5) is 25.9. The zero-order valence-corrected chi connectivity index (χ0v) is 13.2. The molecule has 1 saturated carbocycles. The molecule has 5 heteroatoms. The predicted octanol–water partition coefficient (Wildman–Crippen LogP) is 3.79. The van der Waals surface area contributed by atoms with Crippen molar-refractivity contribution in [3.05, 3.63) is 55.6 Å². The summed E-state index contributed by atoms with van der Waals surface area (Å²) in [5.74, 6) is -0.782. The Bertz CT molecular complexity index is 507. The predicted molar refractivity (Wildman–Crippen MR) is 89.5 cm³/mol. The molecule has 124 valence electrons. The number of carbonyl (C=O) groups excluding carboxylic acids is 2. The van der Waals surface area contributed by atoms with E-state index in [1.165, 1.54) is 25.3 Å². The fourth-order valence-corrected chi connectivity index (χ4v) is 2.05. The third kappa shape index (κ3) is 8.46. The second kappa shape index (κ2) is 11.1. The highest BCUT2D eigenvalue weighted by atomic mass is 16.7. The molecule has 23 heavy (non-hydrogen) atoms. The van der Waals surface area contributed by atoms with Crippen LogP contribution in [-0.4, -0.2) is 18.0 Å². The van der Waals surface area contributed by atoms with Gasteiger partial charge in [0.1, 0.15) is 6.10 Å². The summed E-state index contributed by atoms with van der Waals surface area (Å²) >= 11 is 0. The van der Waals surface area contributed by atoms with Gasteiger partial charge in [-0.25, -0.2) is 15.1 Å². The lowest BCUT2D eigenvalue weighted by molar-refractivity contribution is -0.144. The standard InChI is InChI=1S/C9H9NO2.C9H14O2/c1-2-9(11)12-10-8-6-4-3-5-7-8;1-2-9(10)11-8-6-4-3-5-7-8/h2-7,10H,1H2;2,8H,1,3-7H2. The first kappa shape index (κ1) is 18.5. The first-order valence-electron chi connectivity index (χ1n) is 7.63. The van der Waals surface area contributed by atoms with E-state index < -0.39 is 5.97 Å². The van der Waals surface area contributed by atoms with Crippen molar-refractivity contribution in [1.82, 2.24) is 0 Å². The van der Waals surface area contributed by atoms with E-state index in [2.05, 4.69) is 23.5 Å². The summed E-state index contributed by atoms with van der Waals surface area (Å²) in [6.07, 6.45) is 8.20. The van der Waals surface area contributed by atoms with Crippen molar-refractivity contribution in [2.45, 2.75) is 38.2 Å². The molecule has 5 nitrogen and oxygen atoms in total. The molecule has 1 aromatic carbocycles. The van der Waals surface area contributed by atoms with Gasteiger partial charge >= 0.3 is 11.9 Å². The molecule has 0 radical (unpaired) electrons. The second-order valence-electron chi connectivity index (χ2n) is 4.99. The Morgan fingerprint density at radius 1 is 1.00 bits per heavy atom. The van der Waals surface area contributed by atoms with Crippen LogP contribution in [0, 0.1) is 0 Å². The maximum atomic E-state index is 10.7. The summed E-state index contributed by atoms with van der Waals surface area (Å²) < 4.78 is 5.08. The van der Waals surface area contributed by atoms with Crippen LogP contribution in [0.4, 0.5) is 5.69 Å². The number of ether oxygens (including phenoxy) is 1. The highest BCUT2D eigenvalue weighted by Crippen LogP contribution is 2.20. The van der Waals surface area contributed by atoms with Gasteiger partial charge in [0.05, 0.1) is 5.69 Å². The van der Waals surface area contributed by atoms with Gasteiger partial charge in [0.2, 0.25) is 0 Å². The molecule has 1 aliphatic carbocycles. The fraction of sp³-hybridized carbons (Fsp3) is 0.333. The van der Waals surface area contributed by atoms with Crippen molar-refractivity contribution in [3.63, 3.8) is 0 Å². The number of para-hydroxylation sites is 1. The number of carbonyl (C=O) groups is 2. The van der Waals surface area contributed by atoms with Gasteiger partial charge in [-0.1, -0.05) is 37.8 Å². The van der Waals surface area contributed by atoms with Gasteiger partial charge in [0, 0.05) is 12.2 Å². The number of rotatable bonds is 5. The lowest BCUT2D eigenvalue weighted by atomic mass is 9.98. The molecule has 1 N–H and O–H groups in total. The van der Waals surface area contributed by atoms with E-state index in [0.717, 1.165) is 24.6 Å². The molecule has 0 saturated heterocycles. The van der Waals surface area contributed by atoms with Gasteiger partial charge in [-0.2, -0.15) is 0 Å². The van der Waals surface area contributed by atoms with E-state index in [9.17, 15) is 9.59 Å². The molecule has 0 aromatic heterocycles. The summed E-state index contributed by atoms with van der Waals surface area (Å²) in [6.45, 7) is 6.61. The molecule has 0 spiro atoms. The normalized spacial score (nSPS) is 13.7. The van der Waals surface area contributed by atoms with Crippen LogP contribution in [-0.2, 0) is 19.2 Å². The van der Waals surface area contributed by atoms with E-state index in [0.29, 0.717) is 0 Å². The minimum absolute atomic E-state index is 0.161. The van der Waals surface area contributed by atoms with Gasteiger partial charge in [-0.15, -0.1) is 0 Å². The van der Waals surface area contributed by atoms with Crippen molar-refractivity contribution in [2.75, 3.05) is 5.48 Å². The van der Waals surface area contributed by atoms with E-state index >= 15 is 0 Å². The number of nitrogens with one attached hydrogen (secondary N) is 1. The van der Waals surface area contributed by atoms with Crippen LogP contribution in [0.2, 0.25) is 0 Å². The Labute approximate surface area is 136 Å². The molecular weight excluding hydrogens is 294 g/mol. The van der Waals surface area contributed by atoms with Crippen molar-refractivity contribution in [2.24, 2.45) is 0 Å². The number of esters is 1. The summed E-state index contributed by atoms with van der Waals surface area (Å²) in [7, 11) is 0. The summed E-state index contributed by atoms with van der Waals surface area (Å²) in [5, 5.41) is 0. The first-order chi connectivity index (χ1) is 11.2. The summed E-state index contributed by atoms with van der Waals surface area (Å²) in [5.41, 5.74) is 3.20. The number of hydrogen-bond acceptors (Lipinski definition) is 5. The molecule has 0 atom stereocenters. The molecule has 1 fully saturated rings. The zero-order valence-electron chi connectivity index (χ0n) is 13.2. The Morgan fingerprint density at radius 3 is 2.17 bits per heavy atom. The van der Waals surface area contributed by atoms with E-state index in [4.69, 9.17) is 4.74 Å². The smallest absolute Gasteiger partial charge is 0.355 e. The minimum atomic E-state index is -0.501. The van der Waals surface area contributed by atoms with Crippen LogP contribution >= 0.6 is 0 Å². The third-order valence-corrected chi connectivity index (χ3v) is 3.21. The van der Waals surface area contributed by atoms with E-state index in [1.807, 2.05) is 18.2 Å². The quantitative estimate of drug-likeness (QED) is 0.508. The maximum absolute atomic E-state index is 10.7.